The molecule has 0 aliphatic heterocycles. The van der Waals surface area contributed by atoms with Crippen LogP contribution in [0.2, 0.25) is 0 Å². The normalized spacial score (nSPS) is 20.6. The molecule has 1 heterocycles. The molecule has 1 aromatic rings. The van der Waals surface area contributed by atoms with Crippen LogP contribution in [0.15, 0.2) is 5.38 Å². The van der Waals surface area contributed by atoms with E-state index < -0.39 is 0 Å². The Morgan fingerprint density at radius 2 is 2.18 bits per heavy atom. The topological polar surface area (TPSA) is 24.9 Å². The lowest BCUT2D eigenvalue weighted by Crippen LogP contribution is -2.43. The van der Waals surface area contributed by atoms with Gasteiger partial charge in [0.1, 0.15) is 0 Å². The lowest BCUT2D eigenvalue weighted by atomic mass is 9.79. The van der Waals surface area contributed by atoms with E-state index in [-0.39, 0.29) is 0 Å². The van der Waals surface area contributed by atoms with Crippen LogP contribution >= 0.6 is 11.3 Å². The van der Waals surface area contributed by atoms with Gasteiger partial charge in [-0.1, -0.05) is 26.7 Å². The van der Waals surface area contributed by atoms with Crippen LogP contribution in [0.3, 0.4) is 0 Å². The lowest BCUT2D eigenvalue weighted by molar-refractivity contribution is 0.222. The van der Waals surface area contributed by atoms with Gasteiger partial charge in [0.25, 0.3) is 0 Å². The first-order chi connectivity index (χ1) is 8.14. The molecule has 1 aliphatic carbocycles. The standard InChI is InChI=1S/C14H24N2S/c1-4-15-12(14(3)7-5-6-8-14)9-13-16-11(2)10-17-13/h10,12,15H,4-9H2,1-3H3. The summed E-state index contributed by atoms with van der Waals surface area (Å²) in [6, 6.07) is 0.598. The summed E-state index contributed by atoms with van der Waals surface area (Å²) in [5.41, 5.74) is 1.65. The first-order valence-corrected chi connectivity index (χ1v) is 7.66. The second-order valence-corrected chi connectivity index (χ2v) is 6.50. The Morgan fingerprint density at radius 3 is 2.71 bits per heavy atom. The molecular formula is C14H24N2S. The number of nitrogens with zero attached hydrogens (tertiary/aromatic N) is 1. The average Bonchev–Trinajstić information content (AvgIpc) is 2.88. The highest BCUT2D eigenvalue weighted by Gasteiger charge is 2.36. The van der Waals surface area contributed by atoms with E-state index in [0.29, 0.717) is 11.5 Å². The van der Waals surface area contributed by atoms with Crippen molar-refractivity contribution in [2.24, 2.45) is 5.41 Å². The Balaban J connectivity index is 2.06. The fourth-order valence-corrected chi connectivity index (χ4v) is 3.83. The average molecular weight is 252 g/mol. The van der Waals surface area contributed by atoms with Crippen molar-refractivity contribution >= 4 is 11.3 Å². The van der Waals surface area contributed by atoms with Crippen LogP contribution in [0.4, 0.5) is 0 Å². The molecule has 3 heteroatoms. The first kappa shape index (κ1) is 13.0. The molecule has 0 bridgehead atoms. The zero-order chi connectivity index (χ0) is 12.3. The van der Waals surface area contributed by atoms with Crippen molar-refractivity contribution in [1.29, 1.82) is 0 Å². The van der Waals surface area contributed by atoms with Gasteiger partial charge in [-0.05, 0) is 31.7 Å². The Hall–Kier alpha value is -0.410. The summed E-state index contributed by atoms with van der Waals surface area (Å²) in [4.78, 5) is 4.61. The molecule has 2 nitrogen and oxygen atoms in total. The highest BCUT2D eigenvalue weighted by atomic mass is 32.1. The van der Waals surface area contributed by atoms with E-state index in [1.54, 1.807) is 0 Å². The van der Waals surface area contributed by atoms with Gasteiger partial charge in [-0.15, -0.1) is 11.3 Å². The van der Waals surface area contributed by atoms with Gasteiger partial charge >= 0.3 is 0 Å². The molecule has 1 saturated carbocycles. The van der Waals surface area contributed by atoms with E-state index in [2.05, 4.69) is 36.5 Å². The minimum atomic E-state index is 0.482. The molecule has 2 rings (SSSR count). The number of aromatic nitrogens is 1. The number of hydrogen-bond acceptors (Lipinski definition) is 3. The van der Waals surface area contributed by atoms with Crippen LogP contribution in [0.25, 0.3) is 0 Å². The number of rotatable bonds is 5. The molecule has 1 atom stereocenters. The van der Waals surface area contributed by atoms with E-state index in [9.17, 15) is 0 Å². The molecule has 96 valence electrons. The quantitative estimate of drug-likeness (QED) is 0.867. The summed E-state index contributed by atoms with van der Waals surface area (Å²) in [7, 11) is 0. The van der Waals surface area contributed by atoms with Crippen molar-refractivity contribution in [2.75, 3.05) is 6.54 Å². The van der Waals surface area contributed by atoms with Gasteiger partial charge in [-0.2, -0.15) is 0 Å². The van der Waals surface area contributed by atoms with Crippen molar-refractivity contribution in [3.8, 4) is 0 Å². The molecule has 0 aromatic carbocycles. The number of nitrogens with one attached hydrogen (secondary N) is 1. The van der Waals surface area contributed by atoms with E-state index in [4.69, 9.17) is 0 Å². The smallest absolute Gasteiger partial charge is 0.0943 e. The Kier molecular flexibility index (Phi) is 4.21. The third kappa shape index (κ3) is 3.08. The van der Waals surface area contributed by atoms with E-state index in [1.165, 1.54) is 30.7 Å². The fourth-order valence-electron chi connectivity index (χ4n) is 3.01. The minimum Gasteiger partial charge on any atom is -0.313 e. The second kappa shape index (κ2) is 5.49. The van der Waals surface area contributed by atoms with Crippen LogP contribution in [-0.2, 0) is 6.42 Å². The molecule has 17 heavy (non-hydrogen) atoms. The van der Waals surface area contributed by atoms with Crippen LogP contribution in [-0.4, -0.2) is 17.6 Å². The molecule has 0 saturated heterocycles. The van der Waals surface area contributed by atoms with Gasteiger partial charge in [0.15, 0.2) is 0 Å². The summed E-state index contributed by atoms with van der Waals surface area (Å²) in [6.45, 7) is 7.80. The van der Waals surface area contributed by atoms with Gasteiger partial charge in [0.2, 0.25) is 0 Å². The predicted molar refractivity (Wildman–Crippen MR) is 74.6 cm³/mol. The maximum atomic E-state index is 4.61. The molecule has 1 unspecified atom stereocenters. The van der Waals surface area contributed by atoms with Crippen LogP contribution in [0.5, 0.6) is 0 Å². The Morgan fingerprint density at radius 1 is 1.47 bits per heavy atom. The van der Waals surface area contributed by atoms with Gasteiger partial charge in [-0.25, -0.2) is 4.98 Å². The van der Waals surface area contributed by atoms with Crippen molar-refractivity contribution in [2.45, 2.75) is 58.9 Å². The molecule has 0 amide bonds. The molecule has 1 aromatic heterocycles. The van der Waals surface area contributed by atoms with E-state index in [0.717, 1.165) is 18.7 Å². The van der Waals surface area contributed by atoms with Crippen molar-refractivity contribution in [3.05, 3.63) is 16.1 Å². The maximum absolute atomic E-state index is 4.61. The second-order valence-electron chi connectivity index (χ2n) is 5.56. The van der Waals surface area contributed by atoms with E-state index in [1.807, 2.05) is 11.3 Å². The summed E-state index contributed by atoms with van der Waals surface area (Å²) >= 11 is 1.81. The molecular weight excluding hydrogens is 228 g/mol. The summed E-state index contributed by atoms with van der Waals surface area (Å²) in [6.07, 6.45) is 6.64. The van der Waals surface area contributed by atoms with Crippen LogP contribution < -0.4 is 5.32 Å². The fraction of sp³-hybridized carbons (Fsp3) is 0.786. The zero-order valence-corrected chi connectivity index (χ0v) is 12.1. The van der Waals surface area contributed by atoms with Crippen LogP contribution in [0.1, 0.15) is 50.2 Å². The monoisotopic (exact) mass is 252 g/mol. The van der Waals surface area contributed by atoms with Crippen molar-refractivity contribution in [3.63, 3.8) is 0 Å². The molecule has 0 spiro atoms. The van der Waals surface area contributed by atoms with Crippen molar-refractivity contribution < 1.29 is 0 Å². The van der Waals surface area contributed by atoms with Crippen LogP contribution in [0, 0.1) is 12.3 Å². The van der Waals surface area contributed by atoms with Gasteiger partial charge in [0.05, 0.1) is 5.01 Å². The summed E-state index contributed by atoms with van der Waals surface area (Å²) < 4.78 is 0. The molecule has 1 aliphatic rings. The zero-order valence-electron chi connectivity index (χ0n) is 11.3. The number of likely N-dealkylation sites (N-methyl/N-ethyl adjacent to an activating group) is 1. The van der Waals surface area contributed by atoms with Gasteiger partial charge < -0.3 is 5.32 Å². The molecule has 0 radical (unpaired) electrons. The summed E-state index contributed by atoms with van der Waals surface area (Å²) in [5, 5.41) is 7.14. The largest absolute Gasteiger partial charge is 0.313 e. The molecule has 1 fully saturated rings. The third-order valence-electron chi connectivity index (χ3n) is 4.08. The Bertz CT molecular complexity index is 353. The number of hydrogen-bond donors (Lipinski definition) is 1. The third-order valence-corrected chi connectivity index (χ3v) is 5.07. The maximum Gasteiger partial charge on any atom is 0.0943 e. The van der Waals surface area contributed by atoms with Crippen molar-refractivity contribution in [1.82, 2.24) is 10.3 Å². The highest BCUT2D eigenvalue weighted by molar-refractivity contribution is 7.09. The predicted octanol–water partition coefficient (Wildman–Crippen LogP) is 3.55. The van der Waals surface area contributed by atoms with Gasteiger partial charge in [-0.3, -0.25) is 0 Å². The Labute approximate surface area is 109 Å². The SMILES string of the molecule is CCNC(Cc1nc(C)cs1)C1(C)CCCC1. The lowest BCUT2D eigenvalue weighted by Gasteiger charge is -2.34. The first-order valence-electron chi connectivity index (χ1n) is 6.78. The van der Waals surface area contributed by atoms with E-state index >= 15 is 0 Å². The number of aryl methyl sites for hydroxylation is 1. The minimum absolute atomic E-state index is 0.482. The molecule has 1 N–H and O–H groups in total. The van der Waals surface area contributed by atoms with Gasteiger partial charge in [0, 0.05) is 23.5 Å². The highest BCUT2D eigenvalue weighted by Crippen LogP contribution is 2.41. The summed E-state index contributed by atoms with van der Waals surface area (Å²) in [5.74, 6) is 0. The number of thiazole rings is 1.